The topological polar surface area (TPSA) is 63.5 Å². The number of aromatic nitrogens is 1. The van der Waals surface area contributed by atoms with Gasteiger partial charge in [-0.3, -0.25) is 9.59 Å². The first-order valence-corrected chi connectivity index (χ1v) is 9.74. The van der Waals surface area contributed by atoms with E-state index >= 15 is 0 Å². The molecule has 2 heterocycles. The third-order valence-electron chi connectivity index (χ3n) is 3.99. The lowest BCUT2D eigenvalue weighted by molar-refractivity contribution is -0.118. The standard InChI is InChI=1S/C21H21N3O2S/c25-20(10-6-12-22-21(26)18-11-14-27-16-18)23-19-9-4-5-13-24(19)15-17-7-2-1-3-8-17/h1-5,7-9,11,13-14,16H,6,10,12,15H2,(H,22,26). The van der Waals surface area contributed by atoms with E-state index in [0.29, 0.717) is 37.0 Å². The molecule has 0 spiro atoms. The Labute approximate surface area is 162 Å². The summed E-state index contributed by atoms with van der Waals surface area (Å²) in [6.07, 6.45) is 2.77. The van der Waals surface area contributed by atoms with Crippen LogP contribution in [0, 0.1) is 0 Å². The first-order chi connectivity index (χ1) is 13.2. The van der Waals surface area contributed by atoms with Crippen molar-refractivity contribution in [2.75, 3.05) is 6.54 Å². The zero-order valence-corrected chi connectivity index (χ0v) is 15.7. The number of benzene rings is 1. The van der Waals surface area contributed by atoms with Crippen LogP contribution in [0.15, 0.2) is 76.5 Å². The molecule has 3 aromatic rings. The fourth-order valence-electron chi connectivity index (χ4n) is 2.60. The molecule has 0 atom stereocenters. The molecule has 1 aromatic carbocycles. The van der Waals surface area contributed by atoms with E-state index in [1.54, 1.807) is 11.4 Å². The van der Waals surface area contributed by atoms with Gasteiger partial charge >= 0.3 is 0 Å². The van der Waals surface area contributed by atoms with Gasteiger partial charge in [-0.25, -0.2) is 0 Å². The van der Waals surface area contributed by atoms with Crippen molar-refractivity contribution in [1.82, 2.24) is 9.88 Å². The number of rotatable bonds is 7. The first kappa shape index (κ1) is 18.8. The van der Waals surface area contributed by atoms with Gasteiger partial charge in [-0.15, -0.1) is 0 Å². The molecule has 6 heteroatoms. The molecular weight excluding hydrogens is 358 g/mol. The van der Waals surface area contributed by atoms with Gasteiger partial charge in [-0.1, -0.05) is 36.4 Å². The third kappa shape index (κ3) is 5.76. The Kier molecular flexibility index (Phi) is 6.71. The molecule has 0 aliphatic carbocycles. The first-order valence-electron chi connectivity index (χ1n) is 8.80. The predicted octanol–water partition coefficient (Wildman–Crippen LogP) is 3.24. The zero-order valence-electron chi connectivity index (χ0n) is 14.9. The van der Waals surface area contributed by atoms with Gasteiger partial charge in [0.25, 0.3) is 5.91 Å². The maximum atomic E-state index is 12.2. The summed E-state index contributed by atoms with van der Waals surface area (Å²) >= 11 is 1.48. The molecule has 1 N–H and O–H groups in total. The van der Waals surface area contributed by atoms with Gasteiger partial charge in [0.05, 0.1) is 0 Å². The Hall–Kier alpha value is -2.99. The molecule has 3 rings (SSSR count). The van der Waals surface area contributed by atoms with Gasteiger partial charge in [-0.2, -0.15) is 16.3 Å². The van der Waals surface area contributed by atoms with Crippen molar-refractivity contribution in [2.45, 2.75) is 19.4 Å². The van der Waals surface area contributed by atoms with Crippen molar-refractivity contribution in [3.8, 4) is 0 Å². The summed E-state index contributed by atoms with van der Waals surface area (Å²) in [4.78, 5) is 28.3. The minimum atomic E-state index is -0.187. The molecule has 0 fully saturated rings. The summed E-state index contributed by atoms with van der Waals surface area (Å²) in [5, 5.41) is 6.48. The molecular formula is C21H21N3O2S. The van der Waals surface area contributed by atoms with Crippen molar-refractivity contribution in [1.29, 1.82) is 0 Å². The van der Waals surface area contributed by atoms with Crippen LogP contribution in [-0.4, -0.2) is 22.9 Å². The summed E-state index contributed by atoms with van der Waals surface area (Å²) in [6.45, 7) is 1.11. The number of carbonyl (C=O) groups excluding carboxylic acids is 2. The highest BCUT2D eigenvalue weighted by Gasteiger charge is 2.06. The molecule has 0 aliphatic heterocycles. The van der Waals surface area contributed by atoms with Gasteiger partial charge in [0, 0.05) is 36.7 Å². The molecule has 138 valence electrons. The van der Waals surface area contributed by atoms with Gasteiger partial charge < -0.3 is 9.88 Å². The van der Waals surface area contributed by atoms with E-state index in [1.165, 1.54) is 11.3 Å². The number of nitrogens with zero attached hydrogens (tertiary/aromatic N) is 2. The van der Waals surface area contributed by atoms with Crippen molar-refractivity contribution in [2.24, 2.45) is 4.99 Å². The predicted molar refractivity (Wildman–Crippen MR) is 106 cm³/mol. The summed E-state index contributed by atoms with van der Waals surface area (Å²) in [7, 11) is 0. The molecule has 0 bridgehead atoms. The molecule has 0 saturated heterocycles. The molecule has 5 nitrogen and oxygen atoms in total. The lowest BCUT2D eigenvalue weighted by Crippen LogP contribution is -2.25. The van der Waals surface area contributed by atoms with Crippen LogP contribution in [0.5, 0.6) is 0 Å². The van der Waals surface area contributed by atoms with Gasteiger partial charge in [0.2, 0.25) is 5.91 Å². The number of thiophene rings is 1. The Morgan fingerprint density at radius 2 is 1.85 bits per heavy atom. The SMILES string of the molecule is O=C(CCCNC(=O)c1ccsc1)N=c1ccccn1Cc1ccccc1. The average molecular weight is 379 g/mol. The summed E-state index contributed by atoms with van der Waals surface area (Å²) in [5.41, 5.74) is 2.43. The Bertz CT molecular complexity index is 947. The highest BCUT2D eigenvalue weighted by molar-refractivity contribution is 7.08. The fraction of sp³-hybridized carbons (Fsp3) is 0.190. The minimum absolute atomic E-state index is 0.107. The van der Waals surface area contributed by atoms with E-state index in [-0.39, 0.29) is 11.8 Å². The number of nitrogens with one attached hydrogen (secondary N) is 1. The maximum absolute atomic E-state index is 12.2. The molecule has 0 radical (unpaired) electrons. The van der Waals surface area contributed by atoms with E-state index in [1.807, 2.05) is 64.7 Å². The van der Waals surface area contributed by atoms with Crippen LogP contribution in [-0.2, 0) is 11.3 Å². The van der Waals surface area contributed by atoms with Gasteiger partial charge in [0.15, 0.2) is 0 Å². The third-order valence-corrected chi connectivity index (χ3v) is 4.67. The molecule has 0 saturated carbocycles. The smallest absolute Gasteiger partial charge is 0.252 e. The van der Waals surface area contributed by atoms with E-state index in [4.69, 9.17) is 0 Å². The summed E-state index contributed by atoms with van der Waals surface area (Å²) in [5.74, 6) is -0.294. The van der Waals surface area contributed by atoms with Crippen molar-refractivity contribution < 1.29 is 9.59 Å². The van der Waals surface area contributed by atoms with Crippen molar-refractivity contribution in [3.05, 3.63) is 88.2 Å². The lowest BCUT2D eigenvalue weighted by Gasteiger charge is -2.07. The van der Waals surface area contributed by atoms with Gasteiger partial charge in [-0.05, 0) is 35.6 Å². The normalized spacial score (nSPS) is 11.3. The molecule has 2 aromatic heterocycles. The maximum Gasteiger partial charge on any atom is 0.252 e. The van der Waals surface area contributed by atoms with Crippen molar-refractivity contribution in [3.63, 3.8) is 0 Å². The number of hydrogen-bond acceptors (Lipinski definition) is 3. The van der Waals surface area contributed by atoms with Crippen LogP contribution in [0.1, 0.15) is 28.8 Å². The van der Waals surface area contributed by atoms with E-state index in [0.717, 1.165) is 5.56 Å². The second-order valence-corrected chi connectivity index (χ2v) is 6.83. The molecule has 0 unspecified atom stereocenters. The molecule has 0 aliphatic rings. The van der Waals surface area contributed by atoms with Crippen molar-refractivity contribution >= 4 is 23.2 Å². The second kappa shape index (κ2) is 9.64. The number of hydrogen-bond donors (Lipinski definition) is 1. The Morgan fingerprint density at radius 1 is 1.04 bits per heavy atom. The van der Waals surface area contributed by atoms with Crippen LogP contribution < -0.4 is 10.8 Å². The Morgan fingerprint density at radius 3 is 2.63 bits per heavy atom. The molecule has 27 heavy (non-hydrogen) atoms. The average Bonchev–Trinajstić information content (AvgIpc) is 3.22. The Balaban J connectivity index is 1.55. The number of pyridine rings is 1. The van der Waals surface area contributed by atoms with Crippen LogP contribution in [0.2, 0.25) is 0 Å². The van der Waals surface area contributed by atoms with Crippen LogP contribution in [0.3, 0.4) is 0 Å². The van der Waals surface area contributed by atoms with Gasteiger partial charge in [0.1, 0.15) is 5.49 Å². The minimum Gasteiger partial charge on any atom is -0.352 e. The number of amides is 2. The second-order valence-electron chi connectivity index (χ2n) is 6.05. The highest BCUT2D eigenvalue weighted by atomic mass is 32.1. The molecule has 2 amide bonds. The zero-order chi connectivity index (χ0) is 18.9. The van der Waals surface area contributed by atoms with Crippen LogP contribution >= 0.6 is 11.3 Å². The summed E-state index contributed by atoms with van der Waals surface area (Å²) in [6, 6.07) is 17.5. The fourth-order valence-corrected chi connectivity index (χ4v) is 3.24. The summed E-state index contributed by atoms with van der Waals surface area (Å²) < 4.78 is 1.95. The van der Waals surface area contributed by atoms with E-state index < -0.39 is 0 Å². The van der Waals surface area contributed by atoms with Crippen LogP contribution in [0.4, 0.5) is 0 Å². The monoisotopic (exact) mass is 379 g/mol. The lowest BCUT2D eigenvalue weighted by atomic mass is 10.2. The van der Waals surface area contributed by atoms with E-state index in [9.17, 15) is 9.59 Å². The quantitative estimate of drug-likeness (QED) is 0.641. The van der Waals surface area contributed by atoms with Crippen LogP contribution in [0.25, 0.3) is 0 Å². The highest BCUT2D eigenvalue weighted by Crippen LogP contribution is 2.05. The van der Waals surface area contributed by atoms with E-state index in [2.05, 4.69) is 10.3 Å². The number of carbonyl (C=O) groups is 2. The largest absolute Gasteiger partial charge is 0.352 e.